The highest BCUT2D eigenvalue weighted by atomic mass is 19.4. The average molecular weight is 338 g/mol. The molecule has 0 saturated carbocycles. The van der Waals surface area contributed by atoms with Crippen LogP contribution in [0.2, 0.25) is 0 Å². The van der Waals surface area contributed by atoms with E-state index < -0.39 is 11.7 Å². The van der Waals surface area contributed by atoms with E-state index in [9.17, 15) is 18.0 Å². The molecule has 0 spiro atoms. The summed E-state index contributed by atoms with van der Waals surface area (Å²) in [6, 6.07) is 4.78. The molecule has 1 saturated heterocycles. The quantitative estimate of drug-likeness (QED) is 0.846. The van der Waals surface area contributed by atoms with Crippen molar-refractivity contribution in [1.82, 2.24) is 19.9 Å². The maximum Gasteiger partial charge on any atom is 0.416 e. The Hall–Kier alpha value is -2.38. The second-order valence-electron chi connectivity index (χ2n) is 6.07. The van der Waals surface area contributed by atoms with Gasteiger partial charge in [0, 0.05) is 13.6 Å². The lowest BCUT2D eigenvalue weighted by Crippen LogP contribution is -2.33. The minimum absolute atomic E-state index is 0.159. The molecule has 1 aliphatic rings. The zero-order chi connectivity index (χ0) is 17.5. The second-order valence-corrected chi connectivity index (χ2v) is 6.07. The number of carbonyl (C=O) groups is 1. The minimum atomic E-state index is -4.37. The zero-order valence-corrected chi connectivity index (χ0v) is 13.3. The number of likely N-dealkylation sites (tertiary alicyclic amines) is 1. The summed E-state index contributed by atoms with van der Waals surface area (Å²) in [7, 11) is 1.63. The van der Waals surface area contributed by atoms with Crippen LogP contribution in [0.3, 0.4) is 0 Å². The number of rotatable bonds is 2. The van der Waals surface area contributed by atoms with Gasteiger partial charge in [-0.25, -0.2) is 4.68 Å². The van der Waals surface area contributed by atoms with Gasteiger partial charge < -0.3 is 4.90 Å². The van der Waals surface area contributed by atoms with Gasteiger partial charge in [-0.1, -0.05) is 24.3 Å². The number of hydrogen-bond acceptors (Lipinski definition) is 3. The molecular formula is C16H17F3N4O. The summed E-state index contributed by atoms with van der Waals surface area (Å²) < 4.78 is 39.6. The number of benzene rings is 1. The first-order chi connectivity index (χ1) is 11.3. The molecule has 24 heavy (non-hydrogen) atoms. The van der Waals surface area contributed by atoms with Crippen LogP contribution in [0.1, 0.15) is 41.0 Å². The first-order valence-electron chi connectivity index (χ1n) is 7.62. The number of carbonyl (C=O) groups excluding carboxylic acids is 1. The Morgan fingerprint density at radius 1 is 1.25 bits per heavy atom. The molecule has 2 heterocycles. The van der Waals surface area contributed by atoms with Gasteiger partial charge in [-0.15, -0.1) is 5.10 Å². The molecule has 5 nitrogen and oxygen atoms in total. The molecule has 1 aliphatic heterocycles. The van der Waals surface area contributed by atoms with Crippen LogP contribution in [0.15, 0.2) is 30.5 Å². The SMILES string of the molecule is C[C@@H]1CCN(C(=O)c2cnnn2C)[C@H]1c1ccc(C(F)(F)F)cc1. The van der Waals surface area contributed by atoms with Gasteiger partial charge in [-0.2, -0.15) is 13.2 Å². The number of nitrogens with zero attached hydrogens (tertiary/aromatic N) is 4. The van der Waals surface area contributed by atoms with Crippen LogP contribution in [0.25, 0.3) is 0 Å². The topological polar surface area (TPSA) is 51.0 Å². The lowest BCUT2D eigenvalue weighted by molar-refractivity contribution is -0.137. The van der Waals surface area contributed by atoms with Crippen molar-refractivity contribution in [3.05, 3.63) is 47.3 Å². The van der Waals surface area contributed by atoms with E-state index in [1.165, 1.54) is 23.0 Å². The van der Waals surface area contributed by atoms with Crippen LogP contribution in [0, 0.1) is 5.92 Å². The third kappa shape index (κ3) is 2.88. The molecule has 0 bridgehead atoms. The Morgan fingerprint density at radius 2 is 1.92 bits per heavy atom. The highest BCUT2D eigenvalue weighted by Crippen LogP contribution is 2.39. The van der Waals surface area contributed by atoms with Crippen LogP contribution >= 0.6 is 0 Å². The fourth-order valence-electron chi connectivity index (χ4n) is 3.18. The van der Waals surface area contributed by atoms with Crippen molar-refractivity contribution in [3.8, 4) is 0 Å². The Balaban J connectivity index is 1.90. The van der Waals surface area contributed by atoms with Crippen LogP contribution in [0.5, 0.6) is 0 Å². The summed E-state index contributed by atoms with van der Waals surface area (Å²) in [5.74, 6) is -0.0522. The predicted octanol–water partition coefficient (Wildman–Crippen LogP) is 3.06. The van der Waals surface area contributed by atoms with Crippen molar-refractivity contribution in [3.63, 3.8) is 0 Å². The summed E-state index contributed by atoms with van der Waals surface area (Å²) in [4.78, 5) is 14.4. The summed E-state index contributed by atoms with van der Waals surface area (Å²) in [5.41, 5.74) is 0.378. The molecule has 3 rings (SSSR count). The fourth-order valence-corrected chi connectivity index (χ4v) is 3.18. The number of halogens is 3. The highest BCUT2D eigenvalue weighted by Gasteiger charge is 2.37. The Kier molecular flexibility index (Phi) is 4.06. The van der Waals surface area contributed by atoms with Crippen molar-refractivity contribution >= 4 is 5.91 Å². The van der Waals surface area contributed by atoms with Gasteiger partial charge in [0.1, 0.15) is 5.69 Å². The molecule has 0 radical (unpaired) electrons. The first kappa shape index (κ1) is 16.5. The Labute approximate surface area is 137 Å². The zero-order valence-electron chi connectivity index (χ0n) is 13.3. The van der Waals surface area contributed by atoms with Crippen molar-refractivity contribution in [2.45, 2.75) is 25.6 Å². The molecule has 128 valence electrons. The molecule has 1 fully saturated rings. The predicted molar refractivity (Wildman–Crippen MR) is 80.0 cm³/mol. The van der Waals surface area contributed by atoms with Crippen LogP contribution < -0.4 is 0 Å². The first-order valence-corrected chi connectivity index (χ1v) is 7.62. The van der Waals surface area contributed by atoms with Gasteiger partial charge in [0.05, 0.1) is 17.8 Å². The maximum absolute atomic E-state index is 12.7. The monoisotopic (exact) mass is 338 g/mol. The molecule has 2 atom stereocenters. The Morgan fingerprint density at radius 3 is 2.46 bits per heavy atom. The van der Waals surface area contributed by atoms with Crippen molar-refractivity contribution in [2.24, 2.45) is 13.0 Å². The van der Waals surface area contributed by atoms with Gasteiger partial charge in [0.15, 0.2) is 0 Å². The second kappa shape index (κ2) is 5.92. The van der Waals surface area contributed by atoms with Gasteiger partial charge >= 0.3 is 6.18 Å². The van der Waals surface area contributed by atoms with Gasteiger partial charge in [-0.05, 0) is 30.0 Å². The molecule has 0 aliphatic carbocycles. The molecule has 1 aromatic heterocycles. The molecule has 0 N–H and O–H groups in total. The Bertz CT molecular complexity index is 739. The highest BCUT2D eigenvalue weighted by molar-refractivity contribution is 5.92. The number of amides is 1. The molecular weight excluding hydrogens is 321 g/mol. The fraction of sp³-hybridized carbons (Fsp3) is 0.438. The summed E-state index contributed by atoms with van der Waals surface area (Å²) in [5, 5.41) is 7.47. The largest absolute Gasteiger partial charge is 0.416 e. The minimum Gasteiger partial charge on any atom is -0.330 e. The molecule has 1 amide bonds. The normalized spacial score (nSPS) is 21.3. The van der Waals surface area contributed by atoms with Crippen LogP contribution in [-0.2, 0) is 13.2 Å². The summed E-state index contributed by atoms with van der Waals surface area (Å²) >= 11 is 0. The van der Waals surface area contributed by atoms with Gasteiger partial charge in [0.25, 0.3) is 5.91 Å². The van der Waals surface area contributed by atoms with Crippen molar-refractivity contribution < 1.29 is 18.0 Å². The van der Waals surface area contributed by atoms with E-state index in [0.717, 1.165) is 18.6 Å². The van der Waals surface area contributed by atoms with E-state index in [1.54, 1.807) is 11.9 Å². The molecule has 2 aromatic rings. The van der Waals surface area contributed by atoms with E-state index in [2.05, 4.69) is 10.3 Å². The number of aromatic nitrogens is 3. The maximum atomic E-state index is 12.7. The average Bonchev–Trinajstić information content (AvgIpc) is 3.12. The number of alkyl halides is 3. The lowest BCUT2D eigenvalue weighted by Gasteiger charge is -2.27. The van der Waals surface area contributed by atoms with E-state index in [-0.39, 0.29) is 17.9 Å². The molecule has 1 aromatic carbocycles. The molecule has 0 unspecified atom stereocenters. The summed E-state index contributed by atoms with van der Waals surface area (Å²) in [6.45, 7) is 2.55. The van der Waals surface area contributed by atoms with E-state index >= 15 is 0 Å². The van der Waals surface area contributed by atoms with E-state index in [0.29, 0.717) is 17.8 Å². The van der Waals surface area contributed by atoms with Crippen molar-refractivity contribution in [2.75, 3.05) is 6.54 Å². The number of hydrogen-bond donors (Lipinski definition) is 0. The van der Waals surface area contributed by atoms with Crippen LogP contribution in [0.4, 0.5) is 13.2 Å². The van der Waals surface area contributed by atoms with E-state index in [1.807, 2.05) is 6.92 Å². The van der Waals surface area contributed by atoms with Gasteiger partial charge in [-0.3, -0.25) is 4.79 Å². The standard InChI is InChI=1S/C16H17F3N4O/c1-10-7-8-23(15(24)13-9-20-21-22(13)2)14(10)11-3-5-12(6-4-11)16(17,18)19/h3-6,9-10,14H,7-8H2,1-2H3/t10-,14-/m1/s1. The van der Waals surface area contributed by atoms with Crippen molar-refractivity contribution in [1.29, 1.82) is 0 Å². The number of aryl methyl sites for hydroxylation is 1. The third-order valence-corrected chi connectivity index (χ3v) is 4.47. The molecule has 8 heteroatoms. The third-order valence-electron chi connectivity index (χ3n) is 4.47. The van der Waals surface area contributed by atoms with Crippen LogP contribution in [-0.4, -0.2) is 32.3 Å². The van der Waals surface area contributed by atoms with Gasteiger partial charge in [0.2, 0.25) is 0 Å². The smallest absolute Gasteiger partial charge is 0.330 e. The lowest BCUT2D eigenvalue weighted by atomic mass is 9.94. The summed E-state index contributed by atoms with van der Waals surface area (Å²) in [6.07, 6.45) is -2.17. The van der Waals surface area contributed by atoms with E-state index in [4.69, 9.17) is 0 Å².